The molecule has 2 aromatic carbocycles. The first kappa shape index (κ1) is 22.9. The van der Waals surface area contributed by atoms with Gasteiger partial charge in [-0.25, -0.2) is 4.98 Å². The molecule has 0 radical (unpaired) electrons. The fourth-order valence-corrected chi connectivity index (χ4v) is 5.20. The van der Waals surface area contributed by atoms with E-state index in [2.05, 4.69) is 20.5 Å². The van der Waals surface area contributed by atoms with E-state index in [9.17, 15) is 4.79 Å². The molecule has 0 atom stereocenters. The first-order chi connectivity index (χ1) is 16.5. The van der Waals surface area contributed by atoms with Gasteiger partial charge in [0.2, 0.25) is 11.7 Å². The topological polar surface area (TPSA) is 85.8 Å². The second-order valence-corrected chi connectivity index (χ2v) is 9.90. The smallest absolute Gasteiger partial charge is 0.236 e. The molecule has 0 saturated heterocycles. The molecule has 3 heterocycles. The lowest BCUT2D eigenvalue weighted by molar-refractivity contribution is -0.113. The Morgan fingerprint density at radius 2 is 1.91 bits per heavy atom. The number of carbonyl (C=O) groups excluding carboxylic acids is 1. The molecule has 34 heavy (non-hydrogen) atoms. The average Bonchev–Trinajstić information content (AvgIpc) is 3.55. The number of nitrogens with zero attached hydrogens (tertiary/aromatic N) is 4. The summed E-state index contributed by atoms with van der Waals surface area (Å²) in [5, 5.41) is 16.7. The number of benzene rings is 2. The number of nitrogens with one attached hydrogen (secondary N) is 1. The third kappa shape index (κ3) is 4.83. The molecule has 0 spiro atoms. The second-order valence-electron chi connectivity index (χ2n) is 7.22. The van der Waals surface area contributed by atoms with Crippen molar-refractivity contribution >= 4 is 68.3 Å². The number of furan rings is 1. The molecule has 7 nitrogen and oxygen atoms in total. The number of hydrogen-bond donors (Lipinski definition) is 1. The predicted molar refractivity (Wildman–Crippen MR) is 138 cm³/mol. The van der Waals surface area contributed by atoms with Crippen LogP contribution < -0.4 is 5.32 Å². The fourth-order valence-electron chi connectivity index (χ4n) is 3.36. The van der Waals surface area contributed by atoms with Crippen molar-refractivity contribution in [3.05, 3.63) is 64.0 Å². The van der Waals surface area contributed by atoms with Crippen LogP contribution in [0.25, 0.3) is 33.8 Å². The van der Waals surface area contributed by atoms with Crippen molar-refractivity contribution in [3.8, 4) is 22.8 Å². The molecule has 1 N–H and O–H groups in total. The maximum atomic E-state index is 12.5. The van der Waals surface area contributed by atoms with Gasteiger partial charge in [0, 0.05) is 32.9 Å². The maximum Gasteiger partial charge on any atom is 0.236 e. The molecule has 0 unspecified atom stereocenters. The summed E-state index contributed by atoms with van der Waals surface area (Å²) in [6, 6.07) is 14.7. The lowest BCUT2D eigenvalue weighted by Crippen LogP contribution is -2.14. The van der Waals surface area contributed by atoms with Gasteiger partial charge in [-0.05, 0) is 43.3 Å². The number of anilines is 1. The van der Waals surface area contributed by atoms with Crippen molar-refractivity contribution in [1.82, 2.24) is 19.7 Å². The van der Waals surface area contributed by atoms with Crippen LogP contribution in [0.1, 0.15) is 6.92 Å². The Hall–Kier alpha value is -2.85. The third-order valence-electron chi connectivity index (χ3n) is 4.95. The third-order valence-corrected chi connectivity index (χ3v) is 7.17. The molecule has 11 heteroatoms. The summed E-state index contributed by atoms with van der Waals surface area (Å²) in [7, 11) is 0. The predicted octanol–water partition coefficient (Wildman–Crippen LogP) is 6.87. The number of carbonyl (C=O) groups is 1. The van der Waals surface area contributed by atoms with Gasteiger partial charge < -0.3 is 9.73 Å². The quantitative estimate of drug-likeness (QED) is 0.231. The Kier molecular flexibility index (Phi) is 6.60. The van der Waals surface area contributed by atoms with Gasteiger partial charge in [-0.15, -0.1) is 21.5 Å². The van der Waals surface area contributed by atoms with Crippen LogP contribution in [-0.4, -0.2) is 31.4 Å². The Balaban J connectivity index is 1.26. The van der Waals surface area contributed by atoms with Crippen molar-refractivity contribution in [3.63, 3.8) is 0 Å². The summed E-state index contributed by atoms with van der Waals surface area (Å²) >= 11 is 14.7. The highest BCUT2D eigenvalue weighted by Crippen LogP contribution is 2.31. The van der Waals surface area contributed by atoms with Crippen molar-refractivity contribution in [1.29, 1.82) is 0 Å². The molecule has 0 bridgehead atoms. The summed E-state index contributed by atoms with van der Waals surface area (Å²) in [6.45, 7) is 2.62. The highest BCUT2D eigenvalue weighted by molar-refractivity contribution is 7.99. The standard InChI is InChI=1S/C23H17Cl2N5O2S2/c1-2-30-21(19-10-14-9-16(25)7-8-18(14)32-19)28-29-23(30)34-12-20(31)27-22-26-17(11-33-22)13-3-5-15(24)6-4-13/h3-11H,2,12H2,1H3,(H,26,27,31). The summed E-state index contributed by atoms with van der Waals surface area (Å²) in [5.74, 6) is 1.20. The Morgan fingerprint density at radius 3 is 2.71 bits per heavy atom. The van der Waals surface area contributed by atoms with Crippen LogP contribution in [0.5, 0.6) is 0 Å². The number of amides is 1. The minimum absolute atomic E-state index is 0.170. The van der Waals surface area contributed by atoms with Gasteiger partial charge in [0.15, 0.2) is 16.0 Å². The largest absolute Gasteiger partial charge is 0.453 e. The number of hydrogen-bond acceptors (Lipinski definition) is 7. The molecule has 172 valence electrons. The highest BCUT2D eigenvalue weighted by atomic mass is 35.5. The minimum Gasteiger partial charge on any atom is -0.453 e. The zero-order valence-electron chi connectivity index (χ0n) is 17.8. The molecule has 0 saturated carbocycles. The van der Waals surface area contributed by atoms with Crippen LogP contribution in [0.2, 0.25) is 10.0 Å². The zero-order chi connectivity index (χ0) is 23.7. The number of aromatic nitrogens is 4. The molecule has 0 aliphatic heterocycles. The van der Waals surface area contributed by atoms with E-state index < -0.39 is 0 Å². The van der Waals surface area contributed by atoms with Crippen LogP contribution in [0.4, 0.5) is 5.13 Å². The molecule has 3 aromatic heterocycles. The molecule has 0 aliphatic carbocycles. The van der Waals surface area contributed by atoms with Gasteiger partial charge in [-0.1, -0.05) is 47.1 Å². The van der Waals surface area contributed by atoms with Crippen LogP contribution >= 0.6 is 46.3 Å². The Labute approximate surface area is 213 Å². The van der Waals surface area contributed by atoms with Crippen molar-refractivity contribution in [2.75, 3.05) is 11.1 Å². The number of rotatable bonds is 7. The van der Waals surface area contributed by atoms with Gasteiger partial charge in [-0.3, -0.25) is 9.36 Å². The number of thioether (sulfide) groups is 1. The van der Waals surface area contributed by atoms with Gasteiger partial charge in [0.25, 0.3) is 0 Å². The molecule has 0 aliphatic rings. The first-order valence-corrected chi connectivity index (χ1v) is 12.9. The summed E-state index contributed by atoms with van der Waals surface area (Å²) in [4.78, 5) is 17.0. The van der Waals surface area contributed by atoms with Gasteiger partial charge in [0.1, 0.15) is 5.58 Å². The molecule has 1 amide bonds. The van der Waals surface area contributed by atoms with Crippen LogP contribution in [0.15, 0.2) is 63.5 Å². The van der Waals surface area contributed by atoms with Crippen molar-refractivity contribution in [2.24, 2.45) is 0 Å². The lowest BCUT2D eigenvalue weighted by Gasteiger charge is -2.05. The summed E-state index contributed by atoms with van der Waals surface area (Å²) < 4.78 is 7.85. The fraction of sp³-hybridized carbons (Fsp3) is 0.130. The first-order valence-electron chi connectivity index (χ1n) is 10.3. The second kappa shape index (κ2) is 9.79. The van der Waals surface area contributed by atoms with E-state index in [0.717, 1.165) is 22.2 Å². The van der Waals surface area contributed by atoms with E-state index in [4.69, 9.17) is 27.6 Å². The highest BCUT2D eigenvalue weighted by Gasteiger charge is 2.18. The molecule has 5 aromatic rings. The van der Waals surface area contributed by atoms with Gasteiger partial charge in [-0.2, -0.15) is 0 Å². The van der Waals surface area contributed by atoms with Crippen molar-refractivity contribution < 1.29 is 9.21 Å². The minimum atomic E-state index is -0.174. The molecular formula is C23H17Cl2N5O2S2. The maximum absolute atomic E-state index is 12.5. The number of fused-ring (bicyclic) bond motifs is 1. The van der Waals surface area contributed by atoms with E-state index in [1.54, 1.807) is 6.07 Å². The normalized spacial score (nSPS) is 11.3. The average molecular weight is 530 g/mol. The van der Waals surface area contributed by atoms with E-state index in [1.165, 1.54) is 23.1 Å². The molecular weight excluding hydrogens is 513 g/mol. The summed E-state index contributed by atoms with van der Waals surface area (Å²) in [6.07, 6.45) is 0. The van der Waals surface area contributed by atoms with E-state index in [1.807, 2.05) is 59.3 Å². The van der Waals surface area contributed by atoms with E-state index in [-0.39, 0.29) is 11.7 Å². The molecule has 0 fully saturated rings. The van der Waals surface area contributed by atoms with Crippen LogP contribution in [-0.2, 0) is 11.3 Å². The van der Waals surface area contributed by atoms with Crippen LogP contribution in [0.3, 0.4) is 0 Å². The van der Waals surface area contributed by atoms with Gasteiger partial charge >= 0.3 is 0 Å². The SMILES string of the molecule is CCn1c(SCC(=O)Nc2nc(-c3ccc(Cl)cc3)cs2)nnc1-c1cc2cc(Cl)ccc2o1. The lowest BCUT2D eigenvalue weighted by atomic mass is 10.2. The monoisotopic (exact) mass is 529 g/mol. The van der Waals surface area contributed by atoms with Crippen LogP contribution in [0, 0.1) is 0 Å². The molecule has 5 rings (SSSR count). The van der Waals surface area contributed by atoms with E-state index in [0.29, 0.717) is 38.5 Å². The van der Waals surface area contributed by atoms with Crippen molar-refractivity contribution in [2.45, 2.75) is 18.6 Å². The Bertz CT molecular complexity index is 1480. The zero-order valence-corrected chi connectivity index (χ0v) is 20.9. The number of halogens is 2. The van der Waals surface area contributed by atoms with E-state index >= 15 is 0 Å². The summed E-state index contributed by atoms with van der Waals surface area (Å²) in [5.41, 5.74) is 2.44. The van der Waals surface area contributed by atoms with Gasteiger partial charge in [0.05, 0.1) is 11.4 Å². The Morgan fingerprint density at radius 1 is 1.12 bits per heavy atom. The number of thiazole rings is 1.